The van der Waals surface area contributed by atoms with Crippen LogP contribution < -0.4 is 5.32 Å². The predicted molar refractivity (Wildman–Crippen MR) is 107 cm³/mol. The zero-order chi connectivity index (χ0) is 20.5. The zero-order valence-corrected chi connectivity index (χ0v) is 17.4. The smallest absolute Gasteiger partial charge is 0.338 e. The summed E-state index contributed by atoms with van der Waals surface area (Å²) in [6.45, 7) is 1.41. The second-order valence-corrected chi connectivity index (χ2v) is 8.21. The van der Waals surface area contributed by atoms with Crippen LogP contribution in [0.5, 0.6) is 0 Å². The van der Waals surface area contributed by atoms with E-state index in [0.29, 0.717) is 18.0 Å². The van der Waals surface area contributed by atoms with Crippen LogP contribution >= 0.6 is 27.5 Å². The minimum Gasteiger partial charge on any atom is -0.338 e. The van der Waals surface area contributed by atoms with Gasteiger partial charge in [-0.15, -0.1) is 0 Å². The zero-order valence-electron chi connectivity index (χ0n) is 15.1. The number of piperidine rings is 1. The number of nitrogens with zero attached hydrogens (tertiary/aromatic N) is 1. The normalized spacial score (nSPS) is 20.1. The lowest BCUT2D eigenvalue weighted by atomic mass is 9.85. The fourth-order valence-corrected chi connectivity index (χ4v) is 4.21. The molecule has 2 aromatic carbocycles. The van der Waals surface area contributed by atoms with Crippen LogP contribution in [0.3, 0.4) is 0 Å². The summed E-state index contributed by atoms with van der Waals surface area (Å²) in [4.78, 5) is 14.6. The Labute approximate surface area is 175 Å². The van der Waals surface area contributed by atoms with Gasteiger partial charge in [-0.25, -0.2) is 0 Å². The van der Waals surface area contributed by atoms with E-state index in [-0.39, 0.29) is 22.0 Å². The van der Waals surface area contributed by atoms with Crippen molar-refractivity contribution in [3.05, 3.63) is 68.7 Å². The van der Waals surface area contributed by atoms with Gasteiger partial charge in [-0.2, -0.15) is 13.2 Å². The first-order chi connectivity index (χ1) is 13.2. The lowest BCUT2D eigenvalue weighted by Gasteiger charge is -2.39. The van der Waals surface area contributed by atoms with Crippen LogP contribution in [0.2, 0.25) is 5.02 Å². The summed E-state index contributed by atoms with van der Waals surface area (Å²) in [5.41, 5.74) is 0.197. The first-order valence-electron chi connectivity index (χ1n) is 8.78. The van der Waals surface area contributed by atoms with Gasteiger partial charge >= 0.3 is 6.18 Å². The van der Waals surface area contributed by atoms with Crippen molar-refractivity contribution in [2.75, 3.05) is 20.1 Å². The lowest BCUT2D eigenvalue weighted by Crippen LogP contribution is -2.49. The average molecular weight is 476 g/mol. The summed E-state index contributed by atoms with van der Waals surface area (Å²) in [6, 6.07) is 10.6. The van der Waals surface area contributed by atoms with E-state index in [2.05, 4.69) is 21.2 Å². The van der Waals surface area contributed by atoms with Crippen molar-refractivity contribution in [1.82, 2.24) is 10.2 Å². The fraction of sp³-hybridized carbons (Fsp3) is 0.350. The maximum absolute atomic E-state index is 13.1. The molecule has 3 rings (SSSR count). The second-order valence-electron chi connectivity index (χ2n) is 6.86. The van der Waals surface area contributed by atoms with Crippen LogP contribution in [0.15, 0.2) is 46.9 Å². The summed E-state index contributed by atoms with van der Waals surface area (Å²) in [5.74, 6) is -0.410. The molecule has 0 bridgehead atoms. The third-order valence-electron chi connectivity index (χ3n) is 5.03. The summed E-state index contributed by atoms with van der Waals surface area (Å²) >= 11 is 9.05. The van der Waals surface area contributed by atoms with Crippen molar-refractivity contribution in [2.45, 2.75) is 24.6 Å². The average Bonchev–Trinajstić information content (AvgIpc) is 2.66. The third-order valence-corrected chi connectivity index (χ3v) is 5.74. The van der Waals surface area contributed by atoms with Crippen LogP contribution in [0.1, 0.15) is 33.8 Å². The SMILES string of the molecule is CN(C(=O)c1cc(Br)cc(C(F)(F)F)c1)C1CCNCC1c1ccc(Cl)cc1. The monoisotopic (exact) mass is 474 g/mol. The van der Waals surface area contributed by atoms with Crippen molar-refractivity contribution in [1.29, 1.82) is 0 Å². The van der Waals surface area contributed by atoms with E-state index in [1.807, 2.05) is 12.1 Å². The lowest BCUT2D eigenvalue weighted by molar-refractivity contribution is -0.137. The molecule has 0 aromatic heterocycles. The molecule has 1 amide bonds. The highest BCUT2D eigenvalue weighted by atomic mass is 79.9. The number of halogens is 5. The summed E-state index contributed by atoms with van der Waals surface area (Å²) in [7, 11) is 1.65. The van der Waals surface area contributed by atoms with Crippen LogP contribution in [0.4, 0.5) is 13.2 Å². The van der Waals surface area contributed by atoms with Gasteiger partial charge in [0.1, 0.15) is 0 Å². The van der Waals surface area contributed by atoms with Gasteiger partial charge in [-0.3, -0.25) is 4.79 Å². The molecule has 1 fully saturated rings. The summed E-state index contributed by atoms with van der Waals surface area (Å²) in [5, 5.41) is 3.95. The molecule has 0 spiro atoms. The van der Waals surface area contributed by atoms with Gasteiger partial charge in [-0.1, -0.05) is 39.7 Å². The van der Waals surface area contributed by atoms with E-state index in [4.69, 9.17) is 11.6 Å². The Kier molecular flexibility index (Phi) is 6.37. The number of hydrogen-bond acceptors (Lipinski definition) is 2. The van der Waals surface area contributed by atoms with E-state index in [1.54, 1.807) is 24.1 Å². The summed E-state index contributed by atoms with van der Waals surface area (Å²) < 4.78 is 39.6. The van der Waals surface area contributed by atoms with Crippen molar-refractivity contribution in [2.24, 2.45) is 0 Å². The molecule has 2 atom stereocenters. The number of nitrogens with one attached hydrogen (secondary N) is 1. The molecule has 3 nitrogen and oxygen atoms in total. The summed E-state index contributed by atoms with van der Waals surface area (Å²) in [6.07, 6.45) is -3.81. The molecule has 1 aliphatic rings. The number of carbonyl (C=O) groups is 1. The van der Waals surface area contributed by atoms with E-state index in [1.165, 1.54) is 6.07 Å². The van der Waals surface area contributed by atoms with Crippen LogP contribution in [0, 0.1) is 0 Å². The van der Waals surface area contributed by atoms with E-state index >= 15 is 0 Å². The Morgan fingerprint density at radius 1 is 1.21 bits per heavy atom. The van der Waals surface area contributed by atoms with Crippen molar-refractivity contribution >= 4 is 33.4 Å². The van der Waals surface area contributed by atoms with Gasteiger partial charge in [0.15, 0.2) is 0 Å². The molecule has 0 aliphatic carbocycles. The van der Waals surface area contributed by atoms with Gasteiger partial charge in [0.25, 0.3) is 5.91 Å². The highest BCUT2D eigenvalue weighted by Gasteiger charge is 2.35. The molecular weight excluding hydrogens is 457 g/mol. The van der Waals surface area contributed by atoms with Gasteiger partial charge in [-0.05, 0) is 48.9 Å². The van der Waals surface area contributed by atoms with Gasteiger partial charge < -0.3 is 10.2 Å². The van der Waals surface area contributed by atoms with Crippen LogP contribution in [-0.2, 0) is 6.18 Å². The van der Waals surface area contributed by atoms with E-state index in [9.17, 15) is 18.0 Å². The molecule has 8 heteroatoms. The standard InChI is InChI=1S/C20H19BrClF3N2O/c1-27(19(28)13-8-14(20(23,24)25)10-15(21)9-13)18-6-7-26-11-17(18)12-2-4-16(22)5-3-12/h2-5,8-10,17-18,26H,6-7,11H2,1H3. The van der Waals surface area contributed by atoms with E-state index < -0.39 is 17.6 Å². The minimum atomic E-state index is -4.52. The van der Waals surface area contributed by atoms with Crippen molar-refractivity contribution < 1.29 is 18.0 Å². The van der Waals surface area contributed by atoms with Crippen LogP contribution in [0.25, 0.3) is 0 Å². The molecule has 1 N–H and O–H groups in total. The molecule has 1 aliphatic heterocycles. The molecule has 2 unspecified atom stereocenters. The largest absolute Gasteiger partial charge is 0.416 e. The van der Waals surface area contributed by atoms with Gasteiger partial charge in [0.05, 0.1) is 5.56 Å². The Balaban J connectivity index is 1.89. The van der Waals surface area contributed by atoms with E-state index in [0.717, 1.165) is 24.2 Å². The molecule has 28 heavy (non-hydrogen) atoms. The maximum atomic E-state index is 13.1. The molecule has 0 saturated carbocycles. The second kappa shape index (κ2) is 8.43. The molecule has 1 heterocycles. The topological polar surface area (TPSA) is 32.3 Å². The third kappa shape index (κ3) is 4.70. The first-order valence-corrected chi connectivity index (χ1v) is 9.95. The molecule has 2 aromatic rings. The number of amides is 1. The number of rotatable bonds is 3. The van der Waals surface area contributed by atoms with Crippen molar-refractivity contribution in [3.63, 3.8) is 0 Å². The quantitative estimate of drug-likeness (QED) is 0.650. The van der Waals surface area contributed by atoms with Crippen molar-refractivity contribution in [3.8, 4) is 0 Å². The minimum absolute atomic E-state index is 0.0117. The highest BCUT2D eigenvalue weighted by Crippen LogP contribution is 2.33. The van der Waals surface area contributed by atoms with Crippen LogP contribution in [-0.4, -0.2) is 37.0 Å². The van der Waals surface area contributed by atoms with Gasteiger partial charge in [0.2, 0.25) is 0 Å². The number of carbonyl (C=O) groups excluding carboxylic acids is 1. The highest BCUT2D eigenvalue weighted by molar-refractivity contribution is 9.10. The number of hydrogen-bond donors (Lipinski definition) is 1. The molecule has 0 radical (unpaired) electrons. The fourth-order valence-electron chi connectivity index (χ4n) is 3.59. The Hall–Kier alpha value is -1.57. The molecular formula is C20H19BrClF3N2O. The Bertz CT molecular complexity index is 858. The first kappa shape index (κ1) is 21.1. The molecule has 1 saturated heterocycles. The maximum Gasteiger partial charge on any atom is 0.416 e. The predicted octanol–water partition coefficient (Wildman–Crippen LogP) is 5.34. The molecule has 150 valence electrons. The Morgan fingerprint density at radius 3 is 2.54 bits per heavy atom. The number of likely N-dealkylation sites (N-methyl/N-ethyl adjacent to an activating group) is 1. The number of alkyl halides is 3. The Morgan fingerprint density at radius 2 is 1.89 bits per heavy atom. The number of benzene rings is 2. The van der Waals surface area contributed by atoms with Gasteiger partial charge in [0, 0.05) is 40.6 Å².